The van der Waals surface area contributed by atoms with Gasteiger partial charge in [-0.05, 0) is 77.6 Å². The molecule has 2 amide bonds. The van der Waals surface area contributed by atoms with Crippen LogP contribution in [0, 0.1) is 3.57 Å². The number of anilines is 1. The number of hydrogen-bond acceptors (Lipinski definition) is 5. The van der Waals surface area contributed by atoms with Gasteiger partial charge in [0.1, 0.15) is 5.57 Å². The second kappa shape index (κ2) is 8.86. The van der Waals surface area contributed by atoms with Gasteiger partial charge < -0.3 is 9.84 Å². The van der Waals surface area contributed by atoms with E-state index in [2.05, 4.69) is 5.32 Å². The van der Waals surface area contributed by atoms with E-state index in [1.54, 1.807) is 31.2 Å². The van der Waals surface area contributed by atoms with Crippen molar-refractivity contribution in [2.45, 2.75) is 6.92 Å². The van der Waals surface area contributed by atoms with Crippen molar-refractivity contribution in [2.24, 2.45) is 0 Å². The molecule has 6 nitrogen and oxygen atoms in total. The van der Waals surface area contributed by atoms with Crippen molar-refractivity contribution in [1.29, 1.82) is 0 Å². The first-order valence-electron chi connectivity index (χ1n) is 8.25. The normalized spacial score (nSPS) is 15.7. The third kappa shape index (κ3) is 4.35. The van der Waals surface area contributed by atoms with Crippen LogP contribution in [0.4, 0.5) is 5.69 Å². The van der Waals surface area contributed by atoms with Gasteiger partial charge in [-0.3, -0.25) is 19.8 Å². The molecule has 3 rings (SSSR count). The van der Waals surface area contributed by atoms with E-state index in [1.807, 2.05) is 22.6 Å². The number of hydrogen-bond donors (Lipinski definition) is 2. The van der Waals surface area contributed by atoms with E-state index in [1.165, 1.54) is 12.1 Å². The van der Waals surface area contributed by atoms with Gasteiger partial charge in [-0.25, -0.2) is 0 Å². The predicted molar refractivity (Wildman–Crippen MR) is 125 cm³/mol. The fourth-order valence-corrected chi connectivity index (χ4v) is 3.93. The number of ether oxygens (including phenoxy) is 1. The molecule has 0 atom stereocenters. The van der Waals surface area contributed by atoms with Gasteiger partial charge in [0.2, 0.25) is 0 Å². The van der Waals surface area contributed by atoms with E-state index in [0.717, 1.165) is 4.90 Å². The molecule has 29 heavy (non-hydrogen) atoms. The Bertz CT molecular complexity index is 1070. The maximum atomic E-state index is 13.1. The van der Waals surface area contributed by atoms with E-state index < -0.39 is 11.8 Å². The van der Waals surface area contributed by atoms with E-state index >= 15 is 0 Å². The highest BCUT2D eigenvalue weighted by Gasteiger charge is 2.35. The predicted octanol–water partition coefficient (Wildman–Crippen LogP) is 4.53. The lowest BCUT2D eigenvalue weighted by Gasteiger charge is -2.29. The number of nitrogens with zero attached hydrogens (tertiary/aromatic N) is 1. The minimum absolute atomic E-state index is 0.0115. The summed E-state index contributed by atoms with van der Waals surface area (Å²) in [6.07, 6.45) is 1.40. The first-order chi connectivity index (χ1) is 13.7. The number of amides is 2. The Kier molecular flexibility index (Phi) is 6.67. The molecule has 0 bridgehead atoms. The summed E-state index contributed by atoms with van der Waals surface area (Å²) in [5.74, 6) is -1.05. The third-order valence-electron chi connectivity index (χ3n) is 3.94. The zero-order valence-electron chi connectivity index (χ0n) is 14.8. The molecule has 0 aliphatic carbocycles. The number of thiocarbonyl (C=S) groups is 1. The summed E-state index contributed by atoms with van der Waals surface area (Å²) in [5, 5.41) is 12.9. The number of nitrogens with one attached hydrogen (secondary N) is 1. The molecule has 2 aromatic carbocycles. The highest BCUT2D eigenvalue weighted by atomic mass is 127. The second-order valence-corrected chi connectivity index (χ2v) is 8.15. The lowest BCUT2D eigenvalue weighted by Crippen LogP contribution is -2.54. The highest BCUT2D eigenvalue weighted by Crippen LogP contribution is 2.36. The van der Waals surface area contributed by atoms with E-state index in [4.69, 9.17) is 40.2 Å². The number of rotatable bonds is 4. The van der Waals surface area contributed by atoms with Gasteiger partial charge in [-0.15, -0.1) is 0 Å². The lowest BCUT2D eigenvalue weighted by atomic mass is 10.1. The van der Waals surface area contributed by atoms with Crippen LogP contribution in [0.3, 0.4) is 0 Å². The SMILES string of the molecule is CCOc1cc(/C=C2\C(=O)NC(=S)N(c3cccc(Cl)c3Cl)C2=O)cc(I)c1O. The van der Waals surface area contributed by atoms with Crippen LogP contribution in [-0.4, -0.2) is 28.6 Å². The standard InChI is InChI=1S/C19H13Cl2IN2O4S/c1-2-28-14-8-9(7-12(22)16(14)25)6-10-17(26)23-19(29)24(18(10)27)13-5-3-4-11(20)15(13)21/h3-8,25H,2H2,1H3,(H,23,26,29)/b10-6+. The average Bonchev–Trinajstić information content (AvgIpc) is 2.66. The quantitative estimate of drug-likeness (QED) is 0.248. The summed E-state index contributed by atoms with van der Waals surface area (Å²) in [5.41, 5.74) is 0.605. The molecular formula is C19H13Cl2IN2O4S. The van der Waals surface area contributed by atoms with Gasteiger partial charge in [0.25, 0.3) is 11.8 Å². The van der Waals surface area contributed by atoms with Crippen LogP contribution in [-0.2, 0) is 9.59 Å². The Morgan fingerprint density at radius 3 is 2.72 bits per heavy atom. The van der Waals surface area contributed by atoms with Gasteiger partial charge in [0.05, 0.1) is 25.9 Å². The zero-order chi connectivity index (χ0) is 21.3. The summed E-state index contributed by atoms with van der Waals surface area (Å²) in [7, 11) is 0. The molecule has 0 aromatic heterocycles. The maximum Gasteiger partial charge on any atom is 0.270 e. The molecule has 2 aromatic rings. The van der Waals surface area contributed by atoms with Crippen molar-refractivity contribution >= 4 is 86.7 Å². The number of aromatic hydroxyl groups is 1. The molecule has 1 aliphatic heterocycles. The lowest BCUT2D eigenvalue weighted by molar-refractivity contribution is -0.122. The largest absolute Gasteiger partial charge is 0.504 e. The van der Waals surface area contributed by atoms with Gasteiger partial charge >= 0.3 is 0 Å². The first-order valence-corrected chi connectivity index (χ1v) is 10.5. The Balaban J connectivity index is 2.08. The topological polar surface area (TPSA) is 78.9 Å². The fraction of sp³-hybridized carbons (Fsp3) is 0.105. The Morgan fingerprint density at radius 1 is 1.31 bits per heavy atom. The van der Waals surface area contributed by atoms with Crippen LogP contribution in [0.2, 0.25) is 10.0 Å². The monoisotopic (exact) mass is 562 g/mol. The molecule has 150 valence electrons. The molecule has 1 heterocycles. The molecule has 1 fully saturated rings. The molecule has 0 spiro atoms. The highest BCUT2D eigenvalue weighted by molar-refractivity contribution is 14.1. The average molecular weight is 563 g/mol. The van der Waals surface area contributed by atoms with Gasteiger partial charge in [0.15, 0.2) is 16.6 Å². The molecule has 0 radical (unpaired) electrons. The van der Waals surface area contributed by atoms with Crippen molar-refractivity contribution in [1.82, 2.24) is 5.32 Å². The molecule has 0 saturated carbocycles. The minimum Gasteiger partial charge on any atom is -0.504 e. The smallest absolute Gasteiger partial charge is 0.270 e. The van der Waals surface area contributed by atoms with Crippen molar-refractivity contribution in [2.75, 3.05) is 11.5 Å². The van der Waals surface area contributed by atoms with Crippen LogP contribution >= 0.6 is 58.0 Å². The van der Waals surface area contributed by atoms with Crippen molar-refractivity contribution < 1.29 is 19.4 Å². The number of halogens is 3. The maximum absolute atomic E-state index is 13.1. The van der Waals surface area contributed by atoms with Crippen molar-refractivity contribution in [3.63, 3.8) is 0 Å². The number of phenolic OH excluding ortho intramolecular Hbond substituents is 1. The van der Waals surface area contributed by atoms with E-state index in [-0.39, 0.29) is 37.9 Å². The number of benzene rings is 2. The molecule has 10 heteroatoms. The van der Waals surface area contributed by atoms with Gasteiger partial charge in [0, 0.05) is 0 Å². The van der Waals surface area contributed by atoms with Crippen LogP contribution in [0.1, 0.15) is 12.5 Å². The van der Waals surface area contributed by atoms with Crippen molar-refractivity contribution in [3.05, 3.63) is 55.1 Å². The van der Waals surface area contributed by atoms with Crippen LogP contribution in [0.25, 0.3) is 6.08 Å². The van der Waals surface area contributed by atoms with Gasteiger partial charge in [-0.1, -0.05) is 29.3 Å². The van der Waals surface area contributed by atoms with Crippen molar-refractivity contribution in [3.8, 4) is 11.5 Å². The summed E-state index contributed by atoms with van der Waals surface area (Å²) in [6.45, 7) is 2.13. The zero-order valence-corrected chi connectivity index (χ0v) is 19.3. The third-order valence-corrected chi connectivity index (χ3v) is 5.85. The Labute approximate surface area is 195 Å². The minimum atomic E-state index is -0.649. The molecular weight excluding hydrogens is 550 g/mol. The summed E-state index contributed by atoms with van der Waals surface area (Å²) in [6, 6.07) is 7.93. The fourth-order valence-electron chi connectivity index (χ4n) is 2.65. The Morgan fingerprint density at radius 2 is 2.03 bits per heavy atom. The van der Waals surface area contributed by atoms with Crippen LogP contribution < -0.4 is 15.0 Å². The van der Waals surface area contributed by atoms with Crippen LogP contribution in [0.15, 0.2) is 35.9 Å². The van der Waals surface area contributed by atoms with Crippen LogP contribution in [0.5, 0.6) is 11.5 Å². The van der Waals surface area contributed by atoms with Gasteiger partial charge in [-0.2, -0.15) is 0 Å². The first kappa shape index (κ1) is 21.8. The Hall–Kier alpha value is -1.88. The molecule has 2 N–H and O–H groups in total. The summed E-state index contributed by atoms with van der Waals surface area (Å²) in [4.78, 5) is 26.7. The summed E-state index contributed by atoms with van der Waals surface area (Å²) >= 11 is 19.4. The molecule has 1 saturated heterocycles. The molecule has 1 aliphatic rings. The molecule has 0 unspecified atom stereocenters. The van der Waals surface area contributed by atoms with E-state index in [0.29, 0.717) is 15.7 Å². The summed E-state index contributed by atoms with van der Waals surface area (Å²) < 4.78 is 5.91. The number of carbonyl (C=O) groups is 2. The second-order valence-electron chi connectivity index (χ2n) is 5.81. The van der Waals surface area contributed by atoms with E-state index in [9.17, 15) is 14.7 Å². The number of carbonyl (C=O) groups excluding carboxylic acids is 2. The number of phenols is 1.